The summed E-state index contributed by atoms with van der Waals surface area (Å²) >= 11 is 0. The largest absolute Gasteiger partial charge is 0.406 e. The van der Waals surface area contributed by atoms with E-state index in [1.54, 1.807) is 0 Å². The number of benzene rings is 1. The molecule has 0 aliphatic carbocycles. The van der Waals surface area contributed by atoms with Crippen LogP contribution in [0, 0.1) is 6.92 Å². The minimum absolute atomic E-state index is 0.213. The molecule has 0 unspecified atom stereocenters. The summed E-state index contributed by atoms with van der Waals surface area (Å²) in [5.41, 5.74) is 2.15. The van der Waals surface area contributed by atoms with Crippen molar-refractivity contribution in [2.24, 2.45) is 0 Å². The van der Waals surface area contributed by atoms with Crippen LogP contribution >= 0.6 is 0 Å². The molecule has 1 saturated heterocycles. The zero-order valence-electron chi connectivity index (χ0n) is 10.3. The summed E-state index contributed by atoms with van der Waals surface area (Å²) in [6.07, 6.45) is 2.22. The molecule has 1 aromatic carbocycles. The van der Waals surface area contributed by atoms with Crippen LogP contribution < -0.4 is 10.6 Å². The number of hydrogen-bond donors (Lipinski definition) is 2. The first-order chi connectivity index (χ1) is 8.81. The number of rotatable bonds is 3. The van der Waals surface area contributed by atoms with Crippen molar-refractivity contribution >= 4 is 11.7 Å². The molecule has 0 spiro atoms. The number of nitrogens with one attached hydrogen (secondary N) is 2. The highest BCUT2D eigenvalue weighted by molar-refractivity contribution is 5.52. The molecule has 1 aromatic heterocycles. The lowest BCUT2D eigenvalue weighted by atomic mass is 10.2. The van der Waals surface area contributed by atoms with Crippen LogP contribution in [0.2, 0.25) is 0 Å². The highest BCUT2D eigenvalue weighted by Crippen LogP contribution is 2.24. The van der Waals surface area contributed by atoms with Gasteiger partial charge >= 0.3 is 6.01 Å². The number of nitrogens with zero attached hydrogens (tertiary/aromatic N) is 2. The average molecular weight is 244 g/mol. The second-order valence-corrected chi connectivity index (χ2v) is 4.59. The number of anilines is 2. The third kappa shape index (κ3) is 2.36. The first-order valence-corrected chi connectivity index (χ1v) is 6.22. The van der Waals surface area contributed by atoms with Crippen LogP contribution in [0.5, 0.6) is 0 Å². The van der Waals surface area contributed by atoms with Crippen molar-refractivity contribution in [1.82, 2.24) is 15.5 Å². The molecule has 0 saturated carbocycles. The minimum atomic E-state index is 0.213. The van der Waals surface area contributed by atoms with E-state index in [9.17, 15) is 0 Å². The van der Waals surface area contributed by atoms with E-state index in [0.717, 1.165) is 25.1 Å². The van der Waals surface area contributed by atoms with Gasteiger partial charge in [-0.05, 0) is 44.0 Å². The van der Waals surface area contributed by atoms with Crippen molar-refractivity contribution in [2.75, 3.05) is 11.9 Å². The Balaban J connectivity index is 1.73. The number of hydrogen-bond acceptors (Lipinski definition) is 5. The SMILES string of the molecule is Cc1cccc(Nc2nnc([C@@H]3CCCN3)o2)c1. The van der Waals surface area contributed by atoms with Gasteiger partial charge in [-0.1, -0.05) is 17.2 Å². The highest BCUT2D eigenvalue weighted by atomic mass is 16.4. The Morgan fingerprint density at radius 3 is 3.11 bits per heavy atom. The quantitative estimate of drug-likeness (QED) is 0.868. The summed E-state index contributed by atoms with van der Waals surface area (Å²) in [6, 6.07) is 8.72. The molecule has 2 heterocycles. The molecule has 5 heteroatoms. The smallest absolute Gasteiger partial charge is 0.320 e. The van der Waals surface area contributed by atoms with Crippen LogP contribution in [-0.2, 0) is 0 Å². The fourth-order valence-electron chi connectivity index (χ4n) is 2.17. The second-order valence-electron chi connectivity index (χ2n) is 4.59. The van der Waals surface area contributed by atoms with Gasteiger partial charge in [-0.25, -0.2) is 0 Å². The zero-order chi connectivity index (χ0) is 12.4. The lowest BCUT2D eigenvalue weighted by molar-refractivity contribution is 0.439. The van der Waals surface area contributed by atoms with Gasteiger partial charge in [0.25, 0.3) is 0 Å². The van der Waals surface area contributed by atoms with Crippen LogP contribution in [0.15, 0.2) is 28.7 Å². The van der Waals surface area contributed by atoms with Crippen LogP contribution in [-0.4, -0.2) is 16.7 Å². The third-order valence-corrected chi connectivity index (χ3v) is 3.07. The Morgan fingerprint density at radius 1 is 1.39 bits per heavy atom. The maximum atomic E-state index is 5.62. The van der Waals surface area contributed by atoms with Gasteiger partial charge in [0.1, 0.15) is 0 Å². The van der Waals surface area contributed by atoms with Gasteiger partial charge in [-0.15, -0.1) is 5.10 Å². The molecule has 5 nitrogen and oxygen atoms in total. The molecule has 94 valence electrons. The predicted molar refractivity (Wildman–Crippen MR) is 68.7 cm³/mol. The molecule has 1 aliphatic rings. The first kappa shape index (κ1) is 11.2. The van der Waals surface area contributed by atoms with Gasteiger partial charge in [0.05, 0.1) is 6.04 Å². The molecule has 0 radical (unpaired) electrons. The van der Waals surface area contributed by atoms with Crippen molar-refractivity contribution < 1.29 is 4.42 Å². The Morgan fingerprint density at radius 2 is 2.33 bits per heavy atom. The fourth-order valence-corrected chi connectivity index (χ4v) is 2.17. The van der Waals surface area contributed by atoms with Crippen LogP contribution in [0.25, 0.3) is 0 Å². The van der Waals surface area contributed by atoms with Gasteiger partial charge in [0.15, 0.2) is 0 Å². The average Bonchev–Trinajstić information content (AvgIpc) is 2.98. The van der Waals surface area contributed by atoms with Gasteiger partial charge in [0.2, 0.25) is 5.89 Å². The Bertz CT molecular complexity index is 531. The van der Waals surface area contributed by atoms with Gasteiger partial charge < -0.3 is 15.1 Å². The van der Waals surface area contributed by atoms with Gasteiger partial charge in [-0.3, -0.25) is 0 Å². The summed E-state index contributed by atoms with van der Waals surface area (Å²) in [6.45, 7) is 3.07. The van der Waals surface area contributed by atoms with E-state index < -0.39 is 0 Å². The molecule has 3 rings (SSSR count). The summed E-state index contributed by atoms with van der Waals surface area (Å²) < 4.78 is 5.62. The van der Waals surface area contributed by atoms with Crippen molar-refractivity contribution in [3.8, 4) is 0 Å². The lowest BCUT2D eigenvalue weighted by Crippen LogP contribution is -2.12. The molecular formula is C13H16N4O. The van der Waals surface area contributed by atoms with Crippen molar-refractivity contribution in [2.45, 2.75) is 25.8 Å². The standard InChI is InChI=1S/C13H16N4O/c1-9-4-2-5-10(8-9)15-13-17-16-12(18-13)11-6-3-7-14-11/h2,4-5,8,11,14H,3,6-7H2,1H3,(H,15,17)/t11-/m0/s1. The summed E-state index contributed by atoms with van der Waals surface area (Å²) in [4.78, 5) is 0. The van der Waals surface area contributed by atoms with E-state index in [1.165, 1.54) is 5.56 Å². The van der Waals surface area contributed by atoms with Crippen molar-refractivity contribution in [3.63, 3.8) is 0 Å². The van der Waals surface area contributed by atoms with E-state index in [2.05, 4.69) is 20.8 Å². The maximum absolute atomic E-state index is 5.62. The van der Waals surface area contributed by atoms with E-state index in [4.69, 9.17) is 4.42 Å². The van der Waals surface area contributed by atoms with Gasteiger partial charge in [-0.2, -0.15) is 0 Å². The molecule has 2 N–H and O–H groups in total. The van der Waals surface area contributed by atoms with Crippen molar-refractivity contribution in [1.29, 1.82) is 0 Å². The molecule has 0 amide bonds. The predicted octanol–water partition coefficient (Wildman–Crippen LogP) is 2.55. The molecule has 18 heavy (non-hydrogen) atoms. The van der Waals surface area contributed by atoms with Crippen LogP contribution in [0.4, 0.5) is 11.7 Å². The molecule has 1 aliphatic heterocycles. The van der Waals surface area contributed by atoms with Crippen LogP contribution in [0.3, 0.4) is 0 Å². The first-order valence-electron chi connectivity index (χ1n) is 6.22. The molecule has 1 fully saturated rings. The van der Waals surface area contributed by atoms with Crippen molar-refractivity contribution in [3.05, 3.63) is 35.7 Å². The second kappa shape index (κ2) is 4.78. The monoisotopic (exact) mass is 244 g/mol. The fraction of sp³-hybridized carbons (Fsp3) is 0.385. The van der Waals surface area contributed by atoms with E-state index >= 15 is 0 Å². The molecule has 0 bridgehead atoms. The normalized spacial score (nSPS) is 19.1. The summed E-state index contributed by atoms with van der Waals surface area (Å²) in [5.74, 6) is 0.669. The van der Waals surface area contributed by atoms with E-state index in [0.29, 0.717) is 11.9 Å². The Kier molecular flexibility index (Phi) is 2.98. The van der Waals surface area contributed by atoms with E-state index in [1.807, 2.05) is 31.2 Å². The number of aryl methyl sites for hydroxylation is 1. The van der Waals surface area contributed by atoms with Gasteiger partial charge in [0, 0.05) is 5.69 Å². The zero-order valence-corrected chi connectivity index (χ0v) is 10.3. The molecular weight excluding hydrogens is 228 g/mol. The highest BCUT2D eigenvalue weighted by Gasteiger charge is 2.21. The molecule has 1 atom stereocenters. The topological polar surface area (TPSA) is 63.0 Å². The number of aromatic nitrogens is 2. The molecule has 2 aromatic rings. The van der Waals surface area contributed by atoms with E-state index in [-0.39, 0.29) is 6.04 Å². The summed E-state index contributed by atoms with van der Waals surface area (Å²) in [7, 11) is 0. The lowest BCUT2D eigenvalue weighted by Gasteiger charge is -2.03. The minimum Gasteiger partial charge on any atom is -0.406 e. The Labute approximate surface area is 106 Å². The third-order valence-electron chi connectivity index (χ3n) is 3.07. The van der Waals surface area contributed by atoms with Crippen LogP contribution in [0.1, 0.15) is 30.3 Å². The Hall–Kier alpha value is -1.88. The maximum Gasteiger partial charge on any atom is 0.320 e. The summed E-state index contributed by atoms with van der Waals surface area (Å²) in [5, 5.41) is 14.5.